The van der Waals surface area contributed by atoms with E-state index in [4.69, 9.17) is 10.5 Å². The summed E-state index contributed by atoms with van der Waals surface area (Å²) in [5.74, 6) is -1.25. The molecule has 0 aromatic heterocycles. The summed E-state index contributed by atoms with van der Waals surface area (Å²) in [5, 5.41) is 0. The highest BCUT2D eigenvalue weighted by molar-refractivity contribution is 14.1. The van der Waals surface area contributed by atoms with Gasteiger partial charge in [0.15, 0.2) is 5.82 Å². The Hall–Kier alpha value is -0.370. The van der Waals surface area contributed by atoms with Crippen molar-refractivity contribution in [1.29, 1.82) is 0 Å². The van der Waals surface area contributed by atoms with Crippen molar-refractivity contribution in [3.63, 3.8) is 0 Å². The summed E-state index contributed by atoms with van der Waals surface area (Å²) in [6.07, 6.45) is 0. The lowest BCUT2D eigenvalue weighted by Gasteiger charge is -2.08. The van der Waals surface area contributed by atoms with Crippen LogP contribution in [0.15, 0.2) is 10.5 Å². The van der Waals surface area contributed by atoms with Crippen molar-refractivity contribution in [2.24, 2.45) is 0 Å². The number of hydrogen-bond donors (Lipinski definition) is 1. The molecule has 0 saturated heterocycles. The fourth-order valence-electron chi connectivity index (χ4n) is 0.987. The molecule has 1 rings (SSSR count). The highest BCUT2D eigenvalue weighted by atomic mass is 127. The quantitative estimate of drug-likeness (QED) is 0.367. The molecule has 82 valence electrons. The number of halogens is 3. The summed E-state index contributed by atoms with van der Waals surface area (Å²) < 4.78 is 19.1. The second kappa shape index (κ2) is 5.11. The number of anilines is 1. The molecule has 0 aliphatic carbocycles. The fraction of sp³-hybridized carbons (Fsp3) is 0.222. The van der Waals surface area contributed by atoms with E-state index < -0.39 is 11.8 Å². The van der Waals surface area contributed by atoms with Crippen LogP contribution >= 0.6 is 38.5 Å². The molecule has 0 amide bonds. The molecule has 1 aromatic rings. The summed E-state index contributed by atoms with van der Waals surface area (Å²) >= 11 is 4.94. The molecule has 0 bridgehead atoms. The van der Waals surface area contributed by atoms with Crippen LogP contribution < -0.4 is 5.73 Å². The molecule has 0 saturated carbocycles. The fourth-order valence-corrected chi connectivity index (χ4v) is 1.86. The van der Waals surface area contributed by atoms with E-state index in [1.807, 2.05) is 22.6 Å². The third-order valence-electron chi connectivity index (χ3n) is 1.70. The van der Waals surface area contributed by atoms with Crippen molar-refractivity contribution in [2.45, 2.75) is 6.92 Å². The number of nitrogen functional groups attached to an aromatic ring is 1. The van der Waals surface area contributed by atoms with E-state index in [2.05, 4.69) is 15.9 Å². The Morgan fingerprint density at radius 1 is 1.73 bits per heavy atom. The van der Waals surface area contributed by atoms with Crippen LogP contribution in [0.3, 0.4) is 0 Å². The van der Waals surface area contributed by atoms with E-state index in [0.717, 1.165) is 0 Å². The van der Waals surface area contributed by atoms with E-state index in [1.54, 1.807) is 6.92 Å². The third kappa shape index (κ3) is 2.60. The van der Waals surface area contributed by atoms with Crippen molar-refractivity contribution in [3.8, 4) is 0 Å². The Balaban J connectivity index is 3.26. The van der Waals surface area contributed by atoms with Crippen molar-refractivity contribution >= 4 is 50.2 Å². The lowest BCUT2D eigenvalue weighted by molar-refractivity contribution is 0.0527. The van der Waals surface area contributed by atoms with Gasteiger partial charge in [-0.25, -0.2) is 9.18 Å². The third-order valence-corrected chi connectivity index (χ3v) is 4.06. The van der Waals surface area contributed by atoms with Crippen LogP contribution in [0.2, 0.25) is 0 Å². The Morgan fingerprint density at radius 3 is 2.87 bits per heavy atom. The van der Waals surface area contributed by atoms with Gasteiger partial charge >= 0.3 is 5.97 Å². The monoisotopic (exact) mass is 387 g/mol. The molecule has 0 fully saturated rings. The van der Waals surface area contributed by atoms with Crippen LogP contribution in [0.5, 0.6) is 0 Å². The topological polar surface area (TPSA) is 52.3 Å². The smallest absolute Gasteiger partial charge is 0.340 e. The van der Waals surface area contributed by atoms with Gasteiger partial charge < -0.3 is 10.5 Å². The number of ether oxygens (including phenoxy) is 1. The maximum absolute atomic E-state index is 13.5. The summed E-state index contributed by atoms with van der Waals surface area (Å²) in [5.41, 5.74) is 5.34. The first-order chi connectivity index (χ1) is 6.99. The number of carbonyl (C=O) groups is 1. The number of benzene rings is 1. The van der Waals surface area contributed by atoms with Crippen molar-refractivity contribution < 1.29 is 13.9 Å². The van der Waals surface area contributed by atoms with E-state index in [9.17, 15) is 9.18 Å². The molecular weight excluding hydrogens is 380 g/mol. The van der Waals surface area contributed by atoms with Gasteiger partial charge in [-0.1, -0.05) is 0 Å². The lowest BCUT2D eigenvalue weighted by Crippen LogP contribution is -2.10. The van der Waals surface area contributed by atoms with Crippen LogP contribution in [0.25, 0.3) is 0 Å². The molecule has 0 radical (unpaired) electrons. The molecule has 2 N–H and O–H groups in total. The number of esters is 1. The minimum atomic E-state index is -0.634. The number of nitrogens with two attached hydrogens (primary N) is 1. The van der Waals surface area contributed by atoms with Gasteiger partial charge in [0.25, 0.3) is 0 Å². The SMILES string of the molecule is CCOC(=O)c1cc(I)c(Br)c(F)c1N. The number of rotatable bonds is 2. The summed E-state index contributed by atoms with van der Waals surface area (Å²) in [7, 11) is 0. The second-order valence-electron chi connectivity index (χ2n) is 2.67. The van der Waals surface area contributed by atoms with Gasteiger partial charge in [-0.2, -0.15) is 0 Å². The molecule has 6 heteroatoms. The molecule has 0 aliphatic rings. The van der Waals surface area contributed by atoms with Crippen molar-refractivity contribution in [2.75, 3.05) is 12.3 Å². The molecule has 0 atom stereocenters. The van der Waals surface area contributed by atoms with Gasteiger partial charge in [-0.05, 0) is 51.5 Å². The van der Waals surface area contributed by atoms with Crippen LogP contribution in [0.4, 0.5) is 10.1 Å². The highest BCUT2D eigenvalue weighted by Gasteiger charge is 2.18. The Bertz CT molecular complexity index is 412. The predicted molar refractivity (Wildman–Crippen MR) is 67.2 cm³/mol. The average molecular weight is 388 g/mol. The number of hydrogen-bond acceptors (Lipinski definition) is 3. The van der Waals surface area contributed by atoms with Gasteiger partial charge in [-0.15, -0.1) is 0 Å². The van der Waals surface area contributed by atoms with Crippen LogP contribution in [-0.4, -0.2) is 12.6 Å². The Labute approximate surface area is 108 Å². The largest absolute Gasteiger partial charge is 0.462 e. The minimum Gasteiger partial charge on any atom is -0.462 e. The average Bonchev–Trinajstić information content (AvgIpc) is 2.20. The summed E-state index contributed by atoms with van der Waals surface area (Å²) in [6.45, 7) is 1.90. The number of carbonyl (C=O) groups excluding carboxylic acids is 1. The molecule has 1 aromatic carbocycles. The zero-order chi connectivity index (χ0) is 11.6. The van der Waals surface area contributed by atoms with Gasteiger partial charge in [-0.3, -0.25) is 0 Å². The molecule has 0 unspecified atom stereocenters. The molecule has 15 heavy (non-hydrogen) atoms. The minimum absolute atomic E-state index is 0.0574. The predicted octanol–water partition coefficient (Wildman–Crippen LogP) is 2.95. The zero-order valence-electron chi connectivity index (χ0n) is 7.81. The summed E-state index contributed by atoms with van der Waals surface area (Å²) in [4.78, 5) is 11.4. The second-order valence-corrected chi connectivity index (χ2v) is 4.62. The van der Waals surface area contributed by atoms with Gasteiger partial charge in [0, 0.05) is 3.57 Å². The van der Waals surface area contributed by atoms with Crippen molar-refractivity contribution in [1.82, 2.24) is 0 Å². The molecule has 0 heterocycles. The van der Waals surface area contributed by atoms with Crippen LogP contribution in [0, 0.1) is 9.39 Å². The zero-order valence-corrected chi connectivity index (χ0v) is 11.6. The summed E-state index contributed by atoms with van der Waals surface area (Å²) in [6, 6.07) is 1.49. The van der Waals surface area contributed by atoms with Gasteiger partial charge in [0.1, 0.15) is 0 Å². The molecule has 0 aliphatic heterocycles. The lowest BCUT2D eigenvalue weighted by atomic mass is 10.2. The first kappa shape index (κ1) is 12.7. The normalized spacial score (nSPS) is 10.1. The molecule has 0 spiro atoms. The molecular formula is C9H8BrFINO2. The van der Waals surface area contributed by atoms with Crippen LogP contribution in [-0.2, 0) is 4.74 Å². The Morgan fingerprint density at radius 2 is 2.33 bits per heavy atom. The highest BCUT2D eigenvalue weighted by Crippen LogP contribution is 2.30. The maximum Gasteiger partial charge on any atom is 0.340 e. The van der Waals surface area contributed by atoms with Gasteiger partial charge in [0.2, 0.25) is 0 Å². The standard InChI is InChI=1S/C9H8BrFINO2/c1-2-15-9(14)4-3-5(12)6(10)7(11)8(4)13/h3H,2,13H2,1H3. The first-order valence-corrected chi connectivity index (χ1v) is 5.96. The Kier molecular flexibility index (Phi) is 4.32. The van der Waals surface area contributed by atoms with Gasteiger partial charge in [0.05, 0.1) is 22.3 Å². The maximum atomic E-state index is 13.5. The molecule has 3 nitrogen and oxygen atoms in total. The van der Waals surface area contributed by atoms with E-state index in [1.165, 1.54) is 6.07 Å². The van der Waals surface area contributed by atoms with E-state index in [-0.39, 0.29) is 22.3 Å². The van der Waals surface area contributed by atoms with Crippen LogP contribution in [0.1, 0.15) is 17.3 Å². The first-order valence-electron chi connectivity index (χ1n) is 4.09. The van der Waals surface area contributed by atoms with Crippen molar-refractivity contribution in [3.05, 3.63) is 25.5 Å². The van der Waals surface area contributed by atoms with E-state index in [0.29, 0.717) is 3.57 Å². The van der Waals surface area contributed by atoms with E-state index >= 15 is 0 Å².